The lowest BCUT2D eigenvalue weighted by molar-refractivity contribution is 0.0294. The maximum atomic E-state index is 12.4. The molecule has 0 bridgehead atoms. The number of carbonyl (C=O) groups excluding carboxylic acids is 1. The van der Waals surface area contributed by atoms with E-state index >= 15 is 0 Å². The van der Waals surface area contributed by atoms with Gasteiger partial charge in [0.25, 0.3) is 5.91 Å². The van der Waals surface area contributed by atoms with Crippen LogP contribution in [-0.2, 0) is 0 Å². The standard InChI is InChI=1S/C18H20N2O3/c1-11-4-2-3-5-13(11)14-10-15(21)17(22)16(14)20-18(23)12-6-8-19-9-7-12/h2-9,14-17,21-22H,10H2,1H3,(H,20,23)/t14-,15-,16-,17-/m1/s1. The van der Waals surface area contributed by atoms with Crippen LogP contribution in [0.4, 0.5) is 0 Å². The third-order valence-electron chi connectivity index (χ3n) is 4.52. The monoisotopic (exact) mass is 312 g/mol. The Morgan fingerprint density at radius 3 is 2.57 bits per heavy atom. The molecule has 5 nitrogen and oxygen atoms in total. The third-order valence-corrected chi connectivity index (χ3v) is 4.52. The molecule has 5 heteroatoms. The molecule has 1 heterocycles. The first kappa shape index (κ1) is 15.6. The number of pyridine rings is 1. The Balaban J connectivity index is 1.86. The van der Waals surface area contributed by atoms with Gasteiger partial charge in [0.1, 0.15) is 6.10 Å². The molecule has 1 saturated carbocycles. The molecule has 0 saturated heterocycles. The average molecular weight is 312 g/mol. The van der Waals surface area contributed by atoms with E-state index in [4.69, 9.17) is 0 Å². The second-order valence-electron chi connectivity index (χ2n) is 5.99. The highest BCUT2D eigenvalue weighted by atomic mass is 16.3. The van der Waals surface area contributed by atoms with E-state index in [2.05, 4.69) is 10.3 Å². The molecular weight excluding hydrogens is 292 g/mol. The van der Waals surface area contributed by atoms with Gasteiger partial charge in [0.2, 0.25) is 0 Å². The van der Waals surface area contributed by atoms with Crippen molar-refractivity contribution in [1.29, 1.82) is 0 Å². The largest absolute Gasteiger partial charge is 0.390 e. The normalized spacial score (nSPS) is 26.9. The summed E-state index contributed by atoms with van der Waals surface area (Å²) in [6.07, 6.45) is 1.70. The van der Waals surface area contributed by atoms with Crippen molar-refractivity contribution < 1.29 is 15.0 Å². The van der Waals surface area contributed by atoms with Gasteiger partial charge >= 0.3 is 0 Å². The predicted molar refractivity (Wildman–Crippen MR) is 86.0 cm³/mol. The van der Waals surface area contributed by atoms with Crippen molar-refractivity contribution >= 4 is 5.91 Å². The van der Waals surface area contributed by atoms with Gasteiger partial charge in [-0.15, -0.1) is 0 Å². The van der Waals surface area contributed by atoms with Crippen molar-refractivity contribution in [2.24, 2.45) is 0 Å². The summed E-state index contributed by atoms with van der Waals surface area (Å²) in [7, 11) is 0. The fraction of sp³-hybridized carbons (Fsp3) is 0.333. The highest BCUT2D eigenvalue weighted by molar-refractivity contribution is 5.94. The molecule has 2 aromatic rings. The molecular formula is C18H20N2O3. The van der Waals surface area contributed by atoms with Crippen LogP contribution in [0.15, 0.2) is 48.8 Å². The maximum absolute atomic E-state index is 12.4. The number of amides is 1. The first-order valence-electron chi connectivity index (χ1n) is 7.70. The molecule has 0 radical (unpaired) electrons. The Labute approximate surface area is 135 Å². The summed E-state index contributed by atoms with van der Waals surface area (Å²) < 4.78 is 0. The zero-order valence-corrected chi connectivity index (χ0v) is 12.9. The minimum atomic E-state index is -0.981. The van der Waals surface area contributed by atoms with Crippen LogP contribution in [0.1, 0.15) is 33.8 Å². The molecule has 1 aromatic heterocycles. The van der Waals surface area contributed by atoms with Gasteiger partial charge in [0.05, 0.1) is 12.1 Å². The molecule has 0 unspecified atom stereocenters. The van der Waals surface area contributed by atoms with Crippen LogP contribution in [0.3, 0.4) is 0 Å². The Morgan fingerprint density at radius 2 is 1.87 bits per heavy atom. The molecule has 3 rings (SSSR count). The minimum absolute atomic E-state index is 0.119. The summed E-state index contributed by atoms with van der Waals surface area (Å²) in [6.45, 7) is 1.99. The van der Waals surface area contributed by atoms with Gasteiger partial charge in [0, 0.05) is 23.9 Å². The van der Waals surface area contributed by atoms with Crippen LogP contribution >= 0.6 is 0 Å². The number of aromatic nitrogens is 1. The number of nitrogens with zero attached hydrogens (tertiary/aromatic N) is 1. The molecule has 0 spiro atoms. The molecule has 1 amide bonds. The highest BCUT2D eigenvalue weighted by Crippen LogP contribution is 2.36. The lowest BCUT2D eigenvalue weighted by atomic mass is 9.90. The fourth-order valence-corrected chi connectivity index (χ4v) is 3.27. The summed E-state index contributed by atoms with van der Waals surface area (Å²) in [6, 6.07) is 10.6. The first-order valence-corrected chi connectivity index (χ1v) is 7.70. The summed E-state index contributed by atoms with van der Waals surface area (Å²) in [5, 5.41) is 23.2. The average Bonchev–Trinajstić information content (AvgIpc) is 2.84. The van der Waals surface area contributed by atoms with Crippen molar-refractivity contribution in [3.63, 3.8) is 0 Å². The number of aryl methyl sites for hydroxylation is 1. The summed E-state index contributed by atoms with van der Waals surface area (Å²) in [4.78, 5) is 16.3. The number of aliphatic hydroxyl groups excluding tert-OH is 2. The number of aliphatic hydroxyl groups is 2. The van der Waals surface area contributed by atoms with Crippen LogP contribution in [0.25, 0.3) is 0 Å². The van der Waals surface area contributed by atoms with Gasteiger partial charge in [-0.2, -0.15) is 0 Å². The Bertz CT molecular complexity index is 690. The number of carbonyl (C=O) groups is 1. The van der Waals surface area contributed by atoms with Crippen molar-refractivity contribution in [3.8, 4) is 0 Å². The van der Waals surface area contributed by atoms with Crippen LogP contribution in [0.5, 0.6) is 0 Å². The van der Waals surface area contributed by atoms with Gasteiger partial charge in [-0.05, 0) is 36.6 Å². The van der Waals surface area contributed by atoms with Crippen molar-refractivity contribution in [3.05, 3.63) is 65.5 Å². The van der Waals surface area contributed by atoms with Crippen LogP contribution in [0.2, 0.25) is 0 Å². The Morgan fingerprint density at radius 1 is 1.17 bits per heavy atom. The second kappa shape index (κ2) is 6.48. The molecule has 120 valence electrons. The van der Waals surface area contributed by atoms with Crippen LogP contribution in [0, 0.1) is 6.92 Å². The van der Waals surface area contributed by atoms with E-state index < -0.39 is 18.2 Å². The van der Waals surface area contributed by atoms with E-state index in [1.807, 2.05) is 31.2 Å². The molecule has 3 N–H and O–H groups in total. The number of benzene rings is 1. The van der Waals surface area contributed by atoms with E-state index in [-0.39, 0.29) is 11.8 Å². The summed E-state index contributed by atoms with van der Waals surface area (Å²) in [5.74, 6) is -0.392. The van der Waals surface area contributed by atoms with E-state index in [0.29, 0.717) is 12.0 Å². The van der Waals surface area contributed by atoms with Crippen LogP contribution < -0.4 is 5.32 Å². The Kier molecular flexibility index (Phi) is 4.41. The number of rotatable bonds is 3. The fourth-order valence-electron chi connectivity index (χ4n) is 3.27. The van der Waals surface area contributed by atoms with Gasteiger partial charge in [-0.3, -0.25) is 9.78 Å². The Hall–Kier alpha value is -2.24. The lowest BCUT2D eigenvalue weighted by Crippen LogP contribution is -2.45. The number of hydrogen-bond acceptors (Lipinski definition) is 4. The SMILES string of the molecule is Cc1ccccc1[C@H]1C[C@@H](O)[C@@H](O)[C@@H]1NC(=O)c1ccncc1. The van der Waals surface area contributed by atoms with Crippen molar-refractivity contribution in [1.82, 2.24) is 10.3 Å². The molecule has 1 aliphatic carbocycles. The topological polar surface area (TPSA) is 82.5 Å². The van der Waals surface area contributed by atoms with E-state index in [1.54, 1.807) is 24.5 Å². The molecule has 1 aliphatic rings. The maximum Gasteiger partial charge on any atom is 0.251 e. The molecule has 23 heavy (non-hydrogen) atoms. The first-order chi connectivity index (χ1) is 11.1. The summed E-state index contributed by atoms with van der Waals surface area (Å²) in [5.41, 5.74) is 2.61. The third kappa shape index (κ3) is 3.11. The molecule has 1 aromatic carbocycles. The minimum Gasteiger partial charge on any atom is -0.390 e. The van der Waals surface area contributed by atoms with Gasteiger partial charge in [-0.25, -0.2) is 0 Å². The molecule has 1 fully saturated rings. The highest BCUT2D eigenvalue weighted by Gasteiger charge is 2.43. The van der Waals surface area contributed by atoms with Gasteiger partial charge in [-0.1, -0.05) is 24.3 Å². The zero-order valence-electron chi connectivity index (χ0n) is 12.9. The number of hydrogen-bond donors (Lipinski definition) is 3. The van der Waals surface area contributed by atoms with Gasteiger partial charge < -0.3 is 15.5 Å². The lowest BCUT2D eigenvalue weighted by Gasteiger charge is -2.25. The van der Waals surface area contributed by atoms with E-state index in [1.165, 1.54) is 0 Å². The van der Waals surface area contributed by atoms with Crippen molar-refractivity contribution in [2.45, 2.75) is 37.5 Å². The van der Waals surface area contributed by atoms with Gasteiger partial charge in [0.15, 0.2) is 0 Å². The van der Waals surface area contributed by atoms with E-state index in [9.17, 15) is 15.0 Å². The van der Waals surface area contributed by atoms with Crippen molar-refractivity contribution in [2.75, 3.05) is 0 Å². The quantitative estimate of drug-likeness (QED) is 0.800. The smallest absolute Gasteiger partial charge is 0.251 e. The number of nitrogens with one attached hydrogen (secondary N) is 1. The zero-order chi connectivity index (χ0) is 16.4. The van der Waals surface area contributed by atoms with E-state index in [0.717, 1.165) is 11.1 Å². The predicted octanol–water partition coefficient (Wildman–Crippen LogP) is 1.40. The summed E-state index contributed by atoms with van der Waals surface area (Å²) >= 11 is 0. The molecule has 0 aliphatic heterocycles. The second-order valence-corrected chi connectivity index (χ2v) is 5.99. The van der Waals surface area contributed by atoms with Crippen LogP contribution in [-0.4, -0.2) is 39.4 Å². The molecule has 4 atom stereocenters.